The zero-order valence-electron chi connectivity index (χ0n) is 20.1. The number of hydrogen-bond acceptors (Lipinski definition) is 5. The van der Waals surface area contributed by atoms with E-state index in [0.717, 1.165) is 88.6 Å². The molecule has 1 fully saturated rings. The van der Waals surface area contributed by atoms with E-state index in [9.17, 15) is 4.79 Å². The summed E-state index contributed by atoms with van der Waals surface area (Å²) in [6.07, 6.45) is 15.8. The minimum absolute atomic E-state index is 0.168. The first-order valence-electron chi connectivity index (χ1n) is 12.7. The summed E-state index contributed by atoms with van der Waals surface area (Å²) in [7, 11) is 0. The lowest BCUT2D eigenvalue weighted by molar-refractivity contribution is -0.121. The van der Waals surface area contributed by atoms with Gasteiger partial charge in [0.05, 0.1) is 5.41 Å². The molecular weight excluding hydrogens is 426 g/mol. The maximum absolute atomic E-state index is 12.8. The molecule has 0 spiro atoms. The van der Waals surface area contributed by atoms with Crippen molar-refractivity contribution in [2.45, 2.75) is 50.9 Å². The van der Waals surface area contributed by atoms with E-state index in [1.165, 1.54) is 11.1 Å². The molecule has 1 aromatic carbocycles. The van der Waals surface area contributed by atoms with Crippen molar-refractivity contribution in [3.8, 4) is 0 Å². The van der Waals surface area contributed by atoms with Gasteiger partial charge in [0.2, 0.25) is 11.8 Å². The summed E-state index contributed by atoms with van der Waals surface area (Å²) in [5.74, 6) is 1.78. The van der Waals surface area contributed by atoms with Crippen molar-refractivity contribution in [3.63, 3.8) is 0 Å². The second-order valence-corrected chi connectivity index (χ2v) is 9.55. The Morgan fingerprint density at radius 2 is 1.91 bits per heavy atom. The van der Waals surface area contributed by atoms with E-state index in [1.54, 1.807) is 12.5 Å². The molecule has 0 bridgehead atoms. The van der Waals surface area contributed by atoms with Crippen molar-refractivity contribution in [2.24, 2.45) is 0 Å². The number of nitrogens with one attached hydrogen (secondary N) is 1. The number of rotatable bonds is 8. The number of ether oxygens (including phenoxy) is 2. The first-order chi connectivity index (χ1) is 16.7. The molecule has 6 heteroatoms. The largest absolute Gasteiger partial charge is 0.456 e. The Labute approximate surface area is 202 Å². The normalized spacial score (nSPS) is 24.4. The number of carbonyl (C=O) groups excluding carboxylic acids is 1. The summed E-state index contributed by atoms with van der Waals surface area (Å²) in [5, 5.41) is 3.09. The summed E-state index contributed by atoms with van der Waals surface area (Å²) < 4.78 is 11.8. The number of amides is 1. The third-order valence-corrected chi connectivity index (χ3v) is 7.64. The van der Waals surface area contributed by atoms with Gasteiger partial charge in [-0.1, -0.05) is 49.8 Å². The third kappa shape index (κ3) is 4.51. The Bertz CT molecular complexity index is 1030. The van der Waals surface area contributed by atoms with Crippen molar-refractivity contribution < 1.29 is 14.3 Å². The molecule has 5 rings (SSSR count). The van der Waals surface area contributed by atoms with Gasteiger partial charge in [-0.3, -0.25) is 9.69 Å². The fraction of sp³-hybridized carbons (Fsp3) is 0.464. The van der Waals surface area contributed by atoms with Gasteiger partial charge < -0.3 is 19.7 Å². The van der Waals surface area contributed by atoms with E-state index in [1.807, 2.05) is 18.2 Å². The van der Waals surface area contributed by atoms with Gasteiger partial charge in [0.1, 0.15) is 6.26 Å². The van der Waals surface area contributed by atoms with Crippen LogP contribution in [-0.2, 0) is 19.7 Å². The Hall–Kier alpha value is -2.99. The highest BCUT2D eigenvalue weighted by Crippen LogP contribution is 2.43. The Morgan fingerprint density at radius 1 is 1.06 bits per heavy atom. The van der Waals surface area contributed by atoms with Crippen molar-refractivity contribution in [3.05, 3.63) is 77.8 Å². The maximum Gasteiger partial charge on any atom is 0.235 e. The summed E-state index contributed by atoms with van der Waals surface area (Å²) in [5.41, 5.74) is 2.98. The van der Waals surface area contributed by atoms with E-state index in [-0.39, 0.29) is 11.3 Å². The summed E-state index contributed by atoms with van der Waals surface area (Å²) in [4.78, 5) is 17.6. The fourth-order valence-corrected chi connectivity index (χ4v) is 5.50. The quantitative estimate of drug-likeness (QED) is 0.550. The zero-order chi connectivity index (χ0) is 23.4. The van der Waals surface area contributed by atoms with E-state index >= 15 is 0 Å². The van der Waals surface area contributed by atoms with Crippen LogP contribution in [0.15, 0.2) is 72.2 Å². The van der Waals surface area contributed by atoms with Gasteiger partial charge in [-0.15, -0.1) is 0 Å². The van der Waals surface area contributed by atoms with Gasteiger partial charge in [-0.25, -0.2) is 0 Å². The fourth-order valence-electron chi connectivity index (χ4n) is 5.50. The zero-order valence-corrected chi connectivity index (χ0v) is 20.1. The molecule has 1 unspecified atom stereocenters. The number of carbonyl (C=O) groups is 1. The number of benzene rings is 1. The van der Waals surface area contributed by atoms with Crippen LogP contribution in [0.1, 0.15) is 51.0 Å². The van der Waals surface area contributed by atoms with Crippen molar-refractivity contribution in [1.29, 1.82) is 0 Å². The lowest BCUT2D eigenvalue weighted by Crippen LogP contribution is -2.46. The lowest BCUT2D eigenvalue weighted by Gasteiger charge is -2.37. The van der Waals surface area contributed by atoms with Crippen molar-refractivity contribution in [1.82, 2.24) is 9.80 Å². The van der Waals surface area contributed by atoms with E-state index < -0.39 is 0 Å². The molecule has 1 saturated heterocycles. The van der Waals surface area contributed by atoms with Crippen LogP contribution in [0.2, 0.25) is 0 Å². The topological polar surface area (TPSA) is 54.0 Å². The van der Waals surface area contributed by atoms with Crippen LogP contribution in [0.25, 0.3) is 0 Å². The highest BCUT2D eigenvalue weighted by Gasteiger charge is 2.44. The monoisotopic (exact) mass is 461 g/mol. The van der Waals surface area contributed by atoms with Crippen LogP contribution in [0.4, 0.5) is 5.69 Å². The second kappa shape index (κ2) is 10.1. The molecule has 1 aliphatic carbocycles. The molecule has 0 aromatic heterocycles. The summed E-state index contributed by atoms with van der Waals surface area (Å²) in [6, 6.07) is 8.16. The highest BCUT2D eigenvalue weighted by molar-refractivity contribution is 6.06. The standard InChI is InChI=1S/C28H35N3O3/c1-2-28(23-12-6-7-13-24(23)29-27(28)32)14-8-9-15-30-16-18-31(19-17-30)26-21-33-25(20-34-26)22-10-4-3-5-11-22/h3-4,6-7,10,12-13,20-21H,2,5,8-9,11,14-19H2,1H3,(H,29,32). The molecule has 6 nitrogen and oxygen atoms in total. The first kappa shape index (κ1) is 22.8. The summed E-state index contributed by atoms with van der Waals surface area (Å²) in [6.45, 7) is 7.08. The van der Waals surface area contributed by atoms with Gasteiger partial charge in [0, 0.05) is 31.9 Å². The van der Waals surface area contributed by atoms with Crippen molar-refractivity contribution in [2.75, 3.05) is 38.0 Å². The van der Waals surface area contributed by atoms with Gasteiger partial charge in [-0.05, 0) is 55.9 Å². The smallest absolute Gasteiger partial charge is 0.235 e. The number of allylic oxidation sites excluding steroid dienone is 4. The van der Waals surface area contributed by atoms with Crippen LogP contribution in [-0.4, -0.2) is 48.4 Å². The van der Waals surface area contributed by atoms with Gasteiger partial charge >= 0.3 is 0 Å². The van der Waals surface area contributed by atoms with Crippen LogP contribution >= 0.6 is 0 Å². The number of nitrogens with zero attached hydrogens (tertiary/aromatic N) is 2. The lowest BCUT2D eigenvalue weighted by atomic mass is 9.75. The predicted molar refractivity (Wildman–Crippen MR) is 134 cm³/mol. The minimum Gasteiger partial charge on any atom is -0.456 e. The highest BCUT2D eigenvalue weighted by atomic mass is 16.6. The maximum atomic E-state index is 12.8. The molecule has 3 heterocycles. The molecule has 1 amide bonds. The molecule has 3 aliphatic heterocycles. The van der Waals surface area contributed by atoms with E-state index in [4.69, 9.17) is 9.47 Å². The molecule has 180 valence electrons. The second-order valence-electron chi connectivity index (χ2n) is 9.55. The first-order valence-corrected chi connectivity index (χ1v) is 12.7. The van der Waals surface area contributed by atoms with Gasteiger partial charge in [-0.2, -0.15) is 0 Å². The molecule has 1 atom stereocenters. The average molecular weight is 462 g/mol. The van der Waals surface area contributed by atoms with Crippen LogP contribution in [0.5, 0.6) is 0 Å². The van der Waals surface area contributed by atoms with Crippen LogP contribution in [0.3, 0.4) is 0 Å². The van der Waals surface area contributed by atoms with Gasteiger partial charge in [0.25, 0.3) is 0 Å². The Kier molecular flexibility index (Phi) is 6.77. The molecule has 34 heavy (non-hydrogen) atoms. The number of piperazine rings is 1. The molecule has 0 radical (unpaired) electrons. The molecular formula is C28H35N3O3. The SMILES string of the molecule is CCC1(CCCCN2CCN(C3=COC(C4=CC=CCC4)=CO3)CC2)C(=O)Nc2ccccc21. The van der Waals surface area contributed by atoms with Crippen LogP contribution < -0.4 is 5.32 Å². The number of para-hydroxylation sites is 1. The average Bonchev–Trinajstić information content (AvgIpc) is 3.19. The third-order valence-electron chi connectivity index (χ3n) is 7.64. The molecule has 0 saturated carbocycles. The minimum atomic E-state index is -0.365. The van der Waals surface area contributed by atoms with Crippen molar-refractivity contribution >= 4 is 11.6 Å². The Morgan fingerprint density at radius 3 is 2.65 bits per heavy atom. The van der Waals surface area contributed by atoms with E-state index in [0.29, 0.717) is 0 Å². The number of fused-ring (bicyclic) bond motifs is 1. The number of hydrogen-bond donors (Lipinski definition) is 1. The predicted octanol–water partition coefficient (Wildman–Crippen LogP) is 5.04. The van der Waals surface area contributed by atoms with Crippen LogP contribution in [0, 0.1) is 0 Å². The van der Waals surface area contributed by atoms with Gasteiger partial charge in [0.15, 0.2) is 12.0 Å². The Balaban J connectivity index is 1.05. The van der Waals surface area contributed by atoms with E-state index in [2.05, 4.69) is 46.3 Å². The summed E-state index contributed by atoms with van der Waals surface area (Å²) >= 11 is 0. The molecule has 4 aliphatic rings. The number of anilines is 1. The molecule has 1 N–H and O–H groups in total. The molecule has 1 aromatic rings. The number of unbranched alkanes of at least 4 members (excludes halogenated alkanes) is 1.